The molecule has 104 valence electrons. The molecule has 1 aromatic carbocycles. The molecule has 1 heterocycles. The zero-order chi connectivity index (χ0) is 14.9. The van der Waals surface area contributed by atoms with E-state index in [1.807, 2.05) is 0 Å². The Morgan fingerprint density at radius 1 is 1.30 bits per heavy atom. The van der Waals surface area contributed by atoms with Crippen LogP contribution in [-0.2, 0) is 0 Å². The van der Waals surface area contributed by atoms with Crippen LogP contribution in [0.4, 0.5) is 9.39 Å². The second-order valence-corrected chi connectivity index (χ2v) is 5.68. The van der Waals surface area contributed by atoms with Gasteiger partial charge in [0.05, 0.1) is 11.1 Å². The van der Waals surface area contributed by atoms with E-state index in [0.29, 0.717) is 0 Å². The van der Waals surface area contributed by atoms with Crippen LogP contribution in [0.2, 0.25) is 5.02 Å². The molecule has 0 aliphatic rings. The predicted molar refractivity (Wildman–Crippen MR) is 75.4 cm³/mol. The van der Waals surface area contributed by atoms with Crippen molar-refractivity contribution in [2.24, 2.45) is 0 Å². The number of nitrogens with one attached hydrogen (secondary N) is 1. The van der Waals surface area contributed by atoms with Crippen LogP contribution in [0.15, 0.2) is 24.3 Å². The summed E-state index contributed by atoms with van der Waals surface area (Å²) in [5.74, 6) is -2.62. The molecule has 0 aliphatic carbocycles. The van der Waals surface area contributed by atoms with Crippen molar-refractivity contribution in [1.29, 1.82) is 0 Å². The molecule has 0 fully saturated rings. The number of anilines is 1. The van der Waals surface area contributed by atoms with Gasteiger partial charge in [0.2, 0.25) is 0 Å². The van der Waals surface area contributed by atoms with Crippen LogP contribution < -0.4 is 5.32 Å². The molecule has 1 amide bonds. The lowest BCUT2D eigenvalue weighted by Gasteiger charge is -2.05. The first-order valence-electron chi connectivity index (χ1n) is 5.48. The molecule has 4 nitrogen and oxygen atoms in total. The van der Waals surface area contributed by atoms with Gasteiger partial charge in [0.15, 0.2) is 0 Å². The second kappa shape index (κ2) is 5.60. The molecular weight excluding hydrogens is 305 g/mol. The Hall–Kier alpha value is -1.92. The van der Waals surface area contributed by atoms with Gasteiger partial charge in [0.25, 0.3) is 5.91 Å². The number of hydrogen-bond acceptors (Lipinski definition) is 3. The fraction of sp³-hybridized carbons (Fsp3) is 0.0769. The number of aromatic carboxylic acids is 1. The maximum atomic E-state index is 13.6. The minimum absolute atomic E-state index is 0.0247. The van der Waals surface area contributed by atoms with Crippen molar-refractivity contribution in [2.45, 2.75) is 6.92 Å². The molecule has 2 rings (SSSR count). The summed E-state index contributed by atoms with van der Waals surface area (Å²) < 4.78 is 13.6. The Balaban J connectivity index is 2.32. The van der Waals surface area contributed by atoms with E-state index in [1.54, 1.807) is 6.92 Å². The predicted octanol–water partition coefficient (Wildman–Crippen LogP) is 3.80. The van der Waals surface area contributed by atoms with Crippen LogP contribution in [0.25, 0.3) is 0 Å². The summed E-state index contributed by atoms with van der Waals surface area (Å²) in [7, 11) is 0. The Kier molecular flexibility index (Phi) is 4.06. The lowest BCUT2D eigenvalue weighted by molar-refractivity contribution is 0.0698. The zero-order valence-electron chi connectivity index (χ0n) is 10.2. The van der Waals surface area contributed by atoms with Crippen LogP contribution in [-0.4, -0.2) is 17.0 Å². The fourth-order valence-corrected chi connectivity index (χ4v) is 2.68. The topological polar surface area (TPSA) is 66.4 Å². The van der Waals surface area contributed by atoms with E-state index in [0.717, 1.165) is 22.3 Å². The van der Waals surface area contributed by atoms with E-state index in [4.69, 9.17) is 16.7 Å². The number of hydrogen-bond donors (Lipinski definition) is 2. The minimum Gasteiger partial charge on any atom is -0.478 e. The van der Waals surface area contributed by atoms with Gasteiger partial charge in [0, 0.05) is 9.90 Å². The summed E-state index contributed by atoms with van der Waals surface area (Å²) in [5, 5.41) is 11.8. The number of carboxylic acid groups (broad SMARTS) is 1. The number of benzene rings is 1. The molecule has 20 heavy (non-hydrogen) atoms. The SMILES string of the molecule is Cc1cc(C(=O)O)c(NC(=O)c2cc(Cl)ccc2F)s1. The highest BCUT2D eigenvalue weighted by atomic mass is 35.5. The molecular formula is C13H9ClFNO3S. The highest BCUT2D eigenvalue weighted by molar-refractivity contribution is 7.16. The molecule has 0 saturated heterocycles. The first-order valence-corrected chi connectivity index (χ1v) is 6.68. The number of rotatable bonds is 3. The van der Waals surface area contributed by atoms with Crippen LogP contribution in [0.3, 0.4) is 0 Å². The average Bonchev–Trinajstić information content (AvgIpc) is 2.73. The van der Waals surface area contributed by atoms with Gasteiger partial charge >= 0.3 is 5.97 Å². The molecule has 0 unspecified atom stereocenters. The number of thiophene rings is 1. The molecule has 0 saturated carbocycles. The lowest BCUT2D eigenvalue weighted by Crippen LogP contribution is -2.14. The number of amides is 1. The maximum absolute atomic E-state index is 13.6. The monoisotopic (exact) mass is 313 g/mol. The summed E-state index contributed by atoms with van der Waals surface area (Å²) in [5.41, 5.74) is -0.261. The van der Waals surface area contributed by atoms with Gasteiger partial charge in [-0.25, -0.2) is 9.18 Å². The summed E-state index contributed by atoms with van der Waals surface area (Å²) in [6.45, 7) is 1.72. The van der Waals surface area contributed by atoms with Crippen LogP contribution in [0.5, 0.6) is 0 Å². The van der Waals surface area contributed by atoms with Gasteiger partial charge in [-0.2, -0.15) is 0 Å². The summed E-state index contributed by atoms with van der Waals surface area (Å²) in [6.07, 6.45) is 0. The van der Waals surface area contributed by atoms with Crippen molar-refractivity contribution >= 4 is 39.8 Å². The van der Waals surface area contributed by atoms with Gasteiger partial charge in [0.1, 0.15) is 10.8 Å². The number of carboxylic acids is 1. The minimum atomic E-state index is -1.16. The fourth-order valence-electron chi connectivity index (χ4n) is 1.61. The maximum Gasteiger partial charge on any atom is 0.338 e. The third kappa shape index (κ3) is 2.97. The van der Waals surface area contributed by atoms with E-state index >= 15 is 0 Å². The molecule has 7 heteroatoms. The normalized spacial score (nSPS) is 10.3. The van der Waals surface area contributed by atoms with E-state index < -0.39 is 17.7 Å². The third-order valence-electron chi connectivity index (χ3n) is 2.49. The van der Waals surface area contributed by atoms with E-state index in [1.165, 1.54) is 18.2 Å². The lowest BCUT2D eigenvalue weighted by atomic mass is 10.2. The highest BCUT2D eigenvalue weighted by Crippen LogP contribution is 2.28. The quantitative estimate of drug-likeness (QED) is 0.905. The Labute approximate surface area is 122 Å². The van der Waals surface area contributed by atoms with E-state index in [-0.39, 0.29) is 21.2 Å². The standard InChI is InChI=1S/C13H9ClFNO3S/c1-6-4-9(13(18)19)12(20-6)16-11(17)8-5-7(14)2-3-10(8)15/h2-5H,1H3,(H,16,17)(H,18,19). The summed E-state index contributed by atoms with van der Waals surface area (Å²) >= 11 is 6.82. The first kappa shape index (κ1) is 14.5. The molecule has 1 aromatic heterocycles. The highest BCUT2D eigenvalue weighted by Gasteiger charge is 2.18. The molecule has 2 aromatic rings. The van der Waals surface area contributed by atoms with Crippen molar-refractivity contribution < 1.29 is 19.1 Å². The van der Waals surface area contributed by atoms with Crippen molar-refractivity contribution in [2.75, 3.05) is 5.32 Å². The number of aryl methyl sites for hydroxylation is 1. The van der Waals surface area contributed by atoms with E-state index in [2.05, 4.69) is 5.32 Å². The smallest absolute Gasteiger partial charge is 0.338 e. The zero-order valence-corrected chi connectivity index (χ0v) is 11.8. The van der Waals surface area contributed by atoms with Crippen molar-refractivity contribution in [3.05, 3.63) is 51.1 Å². The van der Waals surface area contributed by atoms with Gasteiger partial charge in [-0.05, 0) is 31.2 Å². The molecule has 0 aliphatic heterocycles. The van der Waals surface area contributed by atoms with E-state index in [9.17, 15) is 14.0 Å². The second-order valence-electron chi connectivity index (χ2n) is 3.98. The number of halogens is 2. The van der Waals surface area contributed by atoms with Crippen LogP contribution in [0.1, 0.15) is 25.6 Å². The average molecular weight is 314 g/mol. The van der Waals surface area contributed by atoms with Gasteiger partial charge in [-0.3, -0.25) is 4.79 Å². The molecule has 0 atom stereocenters. The van der Waals surface area contributed by atoms with Crippen molar-refractivity contribution in [1.82, 2.24) is 0 Å². The van der Waals surface area contributed by atoms with Crippen molar-refractivity contribution in [3.63, 3.8) is 0 Å². The molecule has 2 N–H and O–H groups in total. The first-order chi connectivity index (χ1) is 9.38. The van der Waals surface area contributed by atoms with Crippen LogP contribution >= 0.6 is 22.9 Å². The third-order valence-corrected chi connectivity index (χ3v) is 3.69. The Morgan fingerprint density at radius 2 is 2.00 bits per heavy atom. The largest absolute Gasteiger partial charge is 0.478 e. The van der Waals surface area contributed by atoms with Crippen molar-refractivity contribution in [3.8, 4) is 0 Å². The van der Waals surface area contributed by atoms with Gasteiger partial charge in [-0.1, -0.05) is 11.6 Å². The summed E-state index contributed by atoms with van der Waals surface area (Å²) in [4.78, 5) is 23.7. The molecule has 0 bridgehead atoms. The van der Waals surface area contributed by atoms with Gasteiger partial charge in [-0.15, -0.1) is 11.3 Å². The number of carbonyl (C=O) groups is 2. The Bertz CT molecular complexity index is 699. The van der Waals surface area contributed by atoms with Gasteiger partial charge < -0.3 is 10.4 Å². The number of carbonyl (C=O) groups excluding carboxylic acids is 1. The molecule has 0 spiro atoms. The van der Waals surface area contributed by atoms with Crippen LogP contribution in [0, 0.1) is 12.7 Å². The molecule has 0 radical (unpaired) electrons. The summed E-state index contributed by atoms with van der Waals surface area (Å²) in [6, 6.07) is 5.03. The Morgan fingerprint density at radius 3 is 2.65 bits per heavy atom.